The molecule has 1 aliphatic heterocycles. The van der Waals surface area contributed by atoms with E-state index in [0.29, 0.717) is 59.1 Å². The minimum atomic E-state index is -0.300. The predicted octanol–water partition coefficient (Wildman–Crippen LogP) is 4.54. The Labute approximate surface area is 230 Å². The van der Waals surface area contributed by atoms with E-state index in [2.05, 4.69) is 15.1 Å². The Bertz CT molecular complexity index is 1250. The Kier molecular flexibility index (Phi) is 9.21. The van der Waals surface area contributed by atoms with Gasteiger partial charge in [0.05, 0.1) is 27.9 Å². The molecular weight excluding hydrogens is 537 g/mol. The van der Waals surface area contributed by atoms with Crippen LogP contribution in [0.3, 0.4) is 0 Å². The topological polar surface area (TPSA) is 78.9 Å². The van der Waals surface area contributed by atoms with E-state index < -0.39 is 0 Å². The molecule has 37 heavy (non-hydrogen) atoms. The maximum atomic E-state index is 13.1. The summed E-state index contributed by atoms with van der Waals surface area (Å²) in [6.07, 6.45) is 0. The summed E-state index contributed by atoms with van der Waals surface area (Å²) in [7, 11) is 1.55. The molecule has 1 aliphatic rings. The standard InChI is InChI=1S/C26H26Cl3N5O3/c1-37-15-14-34(26(36)20-4-2-3-5-21(20)28)17-25(35)33-12-10-32(11-13-33)24-9-8-23(30-31-24)19-7-6-18(27)16-22(19)29/h2-9,16H,10-15,17H2,1H3. The number of amides is 2. The average molecular weight is 563 g/mol. The van der Waals surface area contributed by atoms with Crippen LogP contribution in [-0.4, -0.2) is 84.8 Å². The molecule has 0 N–H and O–H groups in total. The Morgan fingerprint density at radius 2 is 1.70 bits per heavy atom. The molecule has 1 saturated heterocycles. The highest BCUT2D eigenvalue weighted by molar-refractivity contribution is 6.36. The summed E-state index contributed by atoms with van der Waals surface area (Å²) in [6.45, 7) is 2.74. The lowest BCUT2D eigenvalue weighted by atomic mass is 10.1. The van der Waals surface area contributed by atoms with Crippen LogP contribution in [-0.2, 0) is 9.53 Å². The molecule has 0 saturated carbocycles. The highest BCUT2D eigenvalue weighted by Crippen LogP contribution is 2.29. The van der Waals surface area contributed by atoms with E-state index in [1.807, 2.05) is 18.2 Å². The Morgan fingerprint density at radius 3 is 2.35 bits per heavy atom. The molecule has 0 atom stereocenters. The van der Waals surface area contributed by atoms with E-state index in [1.54, 1.807) is 48.4 Å². The van der Waals surface area contributed by atoms with Gasteiger partial charge >= 0.3 is 0 Å². The number of methoxy groups -OCH3 is 1. The second kappa shape index (κ2) is 12.6. The third kappa shape index (κ3) is 6.70. The number of benzene rings is 2. The largest absolute Gasteiger partial charge is 0.383 e. The molecule has 194 valence electrons. The summed E-state index contributed by atoms with van der Waals surface area (Å²) < 4.78 is 5.14. The van der Waals surface area contributed by atoms with Crippen molar-refractivity contribution in [3.8, 4) is 11.3 Å². The number of nitrogens with zero attached hydrogens (tertiary/aromatic N) is 5. The van der Waals surface area contributed by atoms with E-state index in [0.717, 1.165) is 11.4 Å². The molecule has 3 aromatic rings. The van der Waals surface area contributed by atoms with Crippen LogP contribution in [0.2, 0.25) is 15.1 Å². The number of carbonyl (C=O) groups is 2. The van der Waals surface area contributed by atoms with Crippen LogP contribution in [0.4, 0.5) is 5.82 Å². The van der Waals surface area contributed by atoms with Crippen LogP contribution in [0.1, 0.15) is 10.4 Å². The first kappa shape index (κ1) is 27.1. The predicted molar refractivity (Wildman–Crippen MR) is 146 cm³/mol. The number of aromatic nitrogens is 2. The number of ether oxygens (including phenoxy) is 1. The van der Waals surface area contributed by atoms with Crippen LogP contribution in [0.25, 0.3) is 11.3 Å². The van der Waals surface area contributed by atoms with Crippen molar-refractivity contribution in [2.24, 2.45) is 0 Å². The third-order valence-corrected chi connectivity index (χ3v) is 6.97. The minimum Gasteiger partial charge on any atom is -0.383 e. The molecule has 2 aromatic carbocycles. The Balaban J connectivity index is 1.36. The van der Waals surface area contributed by atoms with Gasteiger partial charge in [-0.05, 0) is 42.5 Å². The lowest BCUT2D eigenvalue weighted by molar-refractivity contribution is -0.132. The highest BCUT2D eigenvalue weighted by Gasteiger charge is 2.26. The Morgan fingerprint density at radius 1 is 0.946 bits per heavy atom. The van der Waals surface area contributed by atoms with Gasteiger partial charge in [0.2, 0.25) is 5.91 Å². The SMILES string of the molecule is COCCN(CC(=O)N1CCN(c2ccc(-c3ccc(Cl)cc3Cl)nn2)CC1)C(=O)c1ccccc1Cl. The van der Waals surface area contributed by atoms with Crippen LogP contribution in [0.5, 0.6) is 0 Å². The zero-order valence-electron chi connectivity index (χ0n) is 20.2. The number of halogens is 3. The zero-order chi connectivity index (χ0) is 26.4. The second-order valence-corrected chi connectivity index (χ2v) is 9.72. The van der Waals surface area contributed by atoms with Crippen LogP contribution in [0.15, 0.2) is 54.6 Å². The van der Waals surface area contributed by atoms with Gasteiger partial charge in [0, 0.05) is 50.4 Å². The molecule has 2 amide bonds. The van der Waals surface area contributed by atoms with Gasteiger partial charge in [-0.25, -0.2) is 0 Å². The maximum absolute atomic E-state index is 13.1. The molecular formula is C26H26Cl3N5O3. The molecule has 0 aliphatic carbocycles. The molecule has 2 heterocycles. The van der Waals surface area contributed by atoms with Gasteiger partial charge in [-0.2, -0.15) is 0 Å². The van der Waals surface area contributed by atoms with Gasteiger partial charge in [-0.3, -0.25) is 9.59 Å². The van der Waals surface area contributed by atoms with Crippen molar-refractivity contribution >= 4 is 52.4 Å². The third-order valence-electron chi connectivity index (χ3n) is 6.10. The summed E-state index contributed by atoms with van der Waals surface area (Å²) in [5.41, 5.74) is 1.77. The molecule has 1 fully saturated rings. The number of piperazine rings is 1. The molecule has 4 rings (SSSR count). The fourth-order valence-corrected chi connectivity index (χ4v) is 4.76. The minimum absolute atomic E-state index is 0.0518. The lowest BCUT2D eigenvalue weighted by Crippen LogP contribution is -2.52. The highest BCUT2D eigenvalue weighted by atomic mass is 35.5. The zero-order valence-corrected chi connectivity index (χ0v) is 22.5. The number of hydrogen-bond acceptors (Lipinski definition) is 6. The molecule has 0 spiro atoms. The molecule has 1 aromatic heterocycles. The van der Waals surface area contributed by atoms with Crippen molar-refractivity contribution in [2.45, 2.75) is 0 Å². The summed E-state index contributed by atoms with van der Waals surface area (Å²) in [5, 5.41) is 10.1. The van der Waals surface area contributed by atoms with Crippen molar-refractivity contribution in [1.82, 2.24) is 20.0 Å². The van der Waals surface area contributed by atoms with E-state index >= 15 is 0 Å². The van der Waals surface area contributed by atoms with E-state index in [4.69, 9.17) is 39.5 Å². The van der Waals surface area contributed by atoms with Crippen molar-refractivity contribution in [3.63, 3.8) is 0 Å². The first-order valence-corrected chi connectivity index (χ1v) is 12.9. The molecule has 0 radical (unpaired) electrons. The van der Waals surface area contributed by atoms with Crippen molar-refractivity contribution < 1.29 is 14.3 Å². The van der Waals surface area contributed by atoms with Gasteiger partial charge in [0.25, 0.3) is 5.91 Å². The van der Waals surface area contributed by atoms with E-state index in [-0.39, 0.29) is 24.9 Å². The number of rotatable bonds is 8. The van der Waals surface area contributed by atoms with Gasteiger partial charge < -0.3 is 19.4 Å². The van der Waals surface area contributed by atoms with E-state index in [1.165, 1.54) is 4.90 Å². The van der Waals surface area contributed by atoms with E-state index in [9.17, 15) is 9.59 Å². The number of hydrogen-bond donors (Lipinski definition) is 0. The van der Waals surface area contributed by atoms with Gasteiger partial charge in [-0.15, -0.1) is 10.2 Å². The Hall–Kier alpha value is -2.91. The average Bonchev–Trinajstić information content (AvgIpc) is 2.91. The first-order valence-electron chi connectivity index (χ1n) is 11.7. The summed E-state index contributed by atoms with van der Waals surface area (Å²) in [4.78, 5) is 31.5. The van der Waals surface area contributed by atoms with Crippen LogP contribution in [0, 0.1) is 0 Å². The molecule has 0 bridgehead atoms. The molecule has 8 nitrogen and oxygen atoms in total. The number of anilines is 1. The molecule has 0 unspecified atom stereocenters. The smallest absolute Gasteiger partial charge is 0.255 e. The van der Waals surface area contributed by atoms with Gasteiger partial charge in [0.1, 0.15) is 6.54 Å². The fourth-order valence-electron chi connectivity index (χ4n) is 4.04. The van der Waals surface area contributed by atoms with Crippen LogP contribution >= 0.6 is 34.8 Å². The second-order valence-electron chi connectivity index (χ2n) is 8.47. The normalized spacial score (nSPS) is 13.5. The lowest BCUT2D eigenvalue weighted by Gasteiger charge is -2.36. The number of carbonyl (C=O) groups excluding carboxylic acids is 2. The first-order chi connectivity index (χ1) is 17.9. The van der Waals surface area contributed by atoms with Crippen molar-refractivity contribution in [2.75, 3.05) is 57.9 Å². The van der Waals surface area contributed by atoms with Gasteiger partial charge in [0.15, 0.2) is 5.82 Å². The summed E-state index contributed by atoms with van der Waals surface area (Å²) >= 11 is 18.5. The van der Waals surface area contributed by atoms with Crippen LogP contribution < -0.4 is 4.90 Å². The summed E-state index contributed by atoms with van der Waals surface area (Å²) in [6, 6.07) is 15.8. The quantitative estimate of drug-likeness (QED) is 0.401. The van der Waals surface area contributed by atoms with Gasteiger partial charge in [-0.1, -0.05) is 46.9 Å². The van der Waals surface area contributed by atoms with Crippen molar-refractivity contribution in [1.29, 1.82) is 0 Å². The summed E-state index contributed by atoms with van der Waals surface area (Å²) in [5.74, 6) is 0.289. The fraction of sp³-hybridized carbons (Fsp3) is 0.308. The molecule has 11 heteroatoms. The van der Waals surface area contributed by atoms with Crippen molar-refractivity contribution in [3.05, 3.63) is 75.2 Å². The monoisotopic (exact) mass is 561 g/mol. The maximum Gasteiger partial charge on any atom is 0.255 e.